The molecule has 0 bridgehead atoms. The topological polar surface area (TPSA) is 107 Å². The number of carbonyl (C=O) groups is 1. The van der Waals surface area contributed by atoms with Crippen LogP contribution in [-0.4, -0.2) is 22.3 Å². The van der Waals surface area contributed by atoms with Crippen LogP contribution in [0.2, 0.25) is 0 Å². The first kappa shape index (κ1) is 13.8. The Bertz CT molecular complexity index is 156. The van der Waals surface area contributed by atoms with E-state index in [1.54, 1.807) is 0 Å². The fourth-order valence-electron chi connectivity index (χ4n) is 0.192. The van der Waals surface area contributed by atoms with Crippen molar-refractivity contribution in [3.8, 4) is 0 Å². The van der Waals surface area contributed by atoms with Gasteiger partial charge in [0, 0.05) is 0 Å². The van der Waals surface area contributed by atoms with Gasteiger partial charge in [-0.2, -0.15) is 4.67 Å². The second-order valence-electron chi connectivity index (χ2n) is 1.25. The minimum atomic E-state index is -4.34. The quantitative estimate of drug-likeness (QED) is 0.203. The number of hydrogen-bond acceptors (Lipinski definition) is 5. The fourth-order valence-corrected chi connectivity index (χ4v) is 0.576. The monoisotopic (exact) mass is 194 g/mol. The van der Waals surface area contributed by atoms with Crippen LogP contribution in [0.5, 0.6) is 0 Å². The number of carboxylic acid groups (broad SMARTS) is 1. The maximum absolute atomic E-state index is 10.1. The van der Waals surface area contributed by atoms with Crippen LogP contribution in [0.4, 0.5) is 0 Å². The van der Waals surface area contributed by atoms with Crippen molar-refractivity contribution in [1.82, 2.24) is 0 Å². The number of aliphatic carboxylic acids is 1. The molecule has 1 atom stereocenters. The van der Waals surface area contributed by atoms with Crippen molar-refractivity contribution in [3.63, 3.8) is 0 Å². The summed E-state index contributed by atoms with van der Waals surface area (Å²) in [5.41, 5.74) is 0. The molecule has 1 unspecified atom stereocenters. The van der Waals surface area contributed by atoms with Crippen LogP contribution in [-0.2, 0) is 14.0 Å². The molecule has 0 heterocycles. The molecule has 0 spiro atoms. The zero-order valence-corrected chi connectivity index (χ0v) is 9.20. The van der Waals surface area contributed by atoms with Gasteiger partial charge < -0.3 is 14.8 Å². The van der Waals surface area contributed by atoms with E-state index < -0.39 is 19.7 Å². The Morgan fingerprint density at radius 3 is 2.20 bits per heavy atom. The Morgan fingerprint density at radius 1 is 1.70 bits per heavy atom. The summed E-state index contributed by atoms with van der Waals surface area (Å²) >= 11 is 0. The van der Waals surface area contributed by atoms with E-state index in [4.69, 9.17) is 10.2 Å². The summed E-state index contributed by atoms with van der Waals surface area (Å²) in [4.78, 5) is 17.7. The molecule has 0 saturated heterocycles. The normalized spacial score (nSPS) is 15.0. The van der Waals surface area contributed by atoms with Crippen molar-refractivity contribution >= 4 is 13.6 Å². The number of carboxylic acids is 1. The Kier molecular flexibility index (Phi) is 8.01. The molecule has 0 aromatic carbocycles. The van der Waals surface area contributed by atoms with E-state index in [1.807, 2.05) is 0 Å². The summed E-state index contributed by atoms with van der Waals surface area (Å²) in [6.45, 7) is 0. The van der Waals surface area contributed by atoms with Crippen molar-refractivity contribution in [2.45, 2.75) is 0 Å². The third kappa shape index (κ3) is 7.32. The largest absolute Gasteiger partial charge is 1.00 e. The van der Waals surface area contributed by atoms with E-state index in [1.165, 1.54) is 0 Å². The predicted octanol–water partition coefficient (Wildman–Crippen LogP) is -4.58. The Balaban J connectivity index is 0. The molecular formula is C2H4KO6P. The van der Waals surface area contributed by atoms with Crippen molar-refractivity contribution in [3.05, 3.63) is 0 Å². The maximum atomic E-state index is 10.1. The molecule has 6 nitrogen and oxygen atoms in total. The molecule has 0 aliphatic heterocycles. The van der Waals surface area contributed by atoms with Gasteiger partial charge in [0.1, 0.15) is 0 Å². The zero-order chi connectivity index (χ0) is 7.49. The van der Waals surface area contributed by atoms with Crippen LogP contribution in [0.25, 0.3) is 0 Å². The molecule has 8 heteroatoms. The molecule has 10 heavy (non-hydrogen) atoms. The molecule has 0 aromatic rings. The van der Waals surface area contributed by atoms with E-state index in [2.05, 4.69) is 4.67 Å². The van der Waals surface area contributed by atoms with Crippen LogP contribution in [0.1, 0.15) is 0 Å². The average molecular weight is 194 g/mol. The van der Waals surface area contributed by atoms with Gasteiger partial charge in [-0.1, -0.05) is 0 Å². The molecule has 0 fully saturated rings. The predicted molar refractivity (Wildman–Crippen MR) is 23.4 cm³/mol. The third-order valence-electron chi connectivity index (χ3n) is 0.456. The van der Waals surface area contributed by atoms with Gasteiger partial charge in [-0.05, 0) is 0 Å². The zero-order valence-electron chi connectivity index (χ0n) is 5.18. The first-order valence-corrected chi connectivity index (χ1v) is 3.59. The standard InChI is InChI=1S/C2H5O6P.K/c3-2(4)1-9(6,7)8-5;/h5H,1H2,(H,3,4)(H,6,7);/q;+1/p-1. The van der Waals surface area contributed by atoms with Gasteiger partial charge in [0.25, 0.3) is 0 Å². The number of carbonyl (C=O) groups excluding carboxylic acids is 1. The number of hydrogen-bond donors (Lipinski definition) is 2. The number of rotatable bonds is 3. The van der Waals surface area contributed by atoms with Crippen LogP contribution in [0.3, 0.4) is 0 Å². The molecular weight excluding hydrogens is 190 g/mol. The minimum Gasteiger partial charge on any atom is -0.549 e. The van der Waals surface area contributed by atoms with Gasteiger partial charge in [-0.25, -0.2) is 5.26 Å². The van der Waals surface area contributed by atoms with Crippen LogP contribution < -0.4 is 56.5 Å². The molecule has 0 aliphatic carbocycles. The SMILES string of the molecule is O=C([O-])CP(=O)(O)OO.[K+]. The van der Waals surface area contributed by atoms with E-state index in [0.717, 1.165) is 0 Å². The molecule has 0 rings (SSSR count). The molecule has 0 aromatic heterocycles. The first-order chi connectivity index (χ1) is 3.98. The average Bonchev–Trinajstić information content (AvgIpc) is 1.63. The van der Waals surface area contributed by atoms with Gasteiger partial charge in [0.05, 0.1) is 12.1 Å². The van der Waals surface area contributed by atoms with E-state index in [-0.39, 0.29) is 51.4 Å². The summed E-state index contributed by atoms with van der Waals surface area (Å²) in [7, 11) is -4.34. The summed E-state index contributed by atoms with van der Waals surface area (Å²) in [6.07, 6.45) is -1.20. The molecule has 54 valence electrons. The van der Waals surface area contributed by atoms with Crippen LogP contribution in [0.15, 0.2) is 0 Å². The van der Waals surface area contributed by atoms with Crippen LogP contribution in [0, 0.1) is 0 Å². The first-order valence-electron chi connectivity index (χ1n) is 1.83. The Hall–Kier alpha value is 1.22. The van der Waals surface area contributed by atoms with Crippen molar-refractivity contribution in [2.24, 2.45) is 0 Å². The molecule has 2 N–H and O–H groups in total. The van der Waals surface area contributed by atoms with E-state index in [0.29, 0.717) is 0 Å². The van der Waals surface area contributed by atoms with Crippen LogP contribution >= 0.6 is 7.60 Å². The minimum absolute atomic E-state index is 0. The van der Waals surface area contributed by atoms with E-state index >= 15 is 0 Å². The van der Waals surface area contributed by atoms with Gasteiger partial charge in [0.15, 0.2) is 0 Å². The summed E-state index contributed by atoms with van der Waals surface area (Å²) in [5, 5.41) is 17.1. The van der Waals surface area contributed by atoms with E-state index in [9.17, 15) is 14.5 Å². The van der Waals surface area contributed by atoms with Gasteiger partial charge in [-0.3, -0.25) is 4.57 Å². The fraction of sp³-hybridized carbons (Fsp3) is 0.500. The molecule has 0 radical (unpaired) electrons. The molecule has 0 aliphatic rings. The van der Waals surface area contributed by atoms with Crippen molar-refractivity contribution in [2.75, 3.05) is 6.16 Å². The van der Waals surface area contributed by atoms with Crippen molar-refractivity contribution < 1.29 is 80.7 Å². The summed E-state index contributed by atoms with van der Waals surface area (Å²) in [5.74, 6) is -1.75. The van der Waals surface area contributed by atoms with Gasteiger partial charge in [0.2, 0.25) is 0 Å². The summed E-state index contributed by atoms with van der Waals surface area (Å²) in [6, 6.07) is 0. The van der Waals surface area contributed by atoms with Crippen molar-refractivity contribution in [1.29, 1.82) is 0 Å². The molecule has 0 amide bonds. The second kappa shape index (κ2) is 5.81. The second-order valence-corrected chi connectivity index (χ2v) is 3.00. The Labute approximate surface area is 99.1 Å². The maximum Gasteiger partial charge on any atom is 1.00 e. The third-order valence-corrected chi connectivity index (χ3v) is 1.37. The summed E-state index contributed by atoms with van der Waals surface area (Å²) < 4.78 is 13.0. The Morgan fingerprint density at radius 2 is 2.10 bits per heavy atom. The van der Waals surface area contributed by atoms with Gasteiger partial charge >= 0.3 is 59.0 Å². The smallest absolute Gasteiger partial charge is 0.549 e. The van der Waals surface area contributed by atoms with Gasteiger partial charge in [-0.15, -0.1) is 0 Å². The molecule has 0 saturated carbocycles.